The highest BCUT2D eigenvalue weighted by molar-refractivity contribution is 6.22. The summed E-state index contributed by atoms with van der Waals surface area (Å²) in [6.45, 7) is 5.40. The van der Waals surface area contributed by atoms with Crippen molar-refractivity contribution in [1.29, 1.82) is 0 Å². The summed E-state index contributed by atoms with van der Waals surface area (Å²) < 4.78 is 5.28. The number of carbonyl (C=O) groups excluding carboxylic acids is 1. The van der Waals surface area contributed by atoms with Crippen molar-refractivity contribution >= 4 is 23.2 Å². The molecule has 0 radical (unpaired) electrons. The summed E-state index contributed by atoms with van der Waals surface area (Å²) in [7, 11) is 1.68. The van der Waals surface area contributed by atoms with Crippen LogP contribution in [0.3, 0.4) is 0 Å². The lowest BCUT2D eigenvalue weighted by molar-refractivity contribution is -0.118. The second-order valence-corrected chi connectivity index (χ2v) is 8.82. The molecule has 2 aliphatic rings. The Kier molecular flexibility index (Phi) is 6.21. The SMILES string of the molecule is COc1ccc(N2CCN(C3=NC(Cc4ccccc4)C(=O)N3c3ccc(C)cc3)CC2)cc1. The first-order valence-corrected chi connectivity index (χ1v) is 11.8. The molecule has 6 heteroatoms. The maximum absolute atomic E-state index is 13.6. The number of piperazine rings is 1. The van der Waals surface area contributed by atoms with E-state index in [1.165, 1.54) is 11.3 Å². The summed E-state index contributed by atoms with van der Waals surface area (Å²) in [6.07, 6.45) is 0.608. The van der Waals surface area contributed by atoms with Gasteiger partial charge < -0.3 is 14.5 Å². The molecule has 0 aliphatic carbocycles. The molecule has 1 unspecified atom stereocenters. The number of nitrogens with zero attached hydrogens (tertiary/aromatic N) is 4. The zero-order valence-corrected chi connectivity index (χ0v) is 19.7. The van der Waals surface area contributed by atoms with E-state index in [0.717, 1.165) is 49.1 Å². The van der Waals surface area contributed by atoms with Crippen molar-refractivity contribution in [2.24, 2.45) is 4.99 Å². The minimum absolute atomic E-state index is 0.0419. The molecule has 0 spiro atoms. The predicted molar refractivity (Wildman–Crippen MR) is 137 cm³/mol. The number of anilines is 2. The third-order valence-corrected chi connectivity index (χ3v) is 6.54. The number of benzene rings is 3. The molecule has 0 aromatic heterocycles. The number of guanidine groups is 1. The Bertz CT molecular complexity index is 1150. The number of ether oxygens (including phenoxy) is 1. The van der Waals surface area contributed by atoms with E-state index < -0.39 is 6.04 Å². The number of hydrogen-bond donors (Lipinski definition) is 0. The molecule has 6 nitrogen and oxygen atoms in total. The topological polar surface area (TPSA) is 48.4 Å². The van der Waals surface area contributed by atoms with Gasteiger partial charge in [-0.15, -0.1) is 0 Å². The highest BCUT2D eigenvalue weighted by Crippen LogP contribution is 2.27. The van der Waals surface area contributed by atoms with Gasteiger partial charge in [0.25, 0.3) is 5.91 Å². The maximum atomic E-state index is 13.6. The Morgan fingerprint density at radius 1 is 0.824 bits per heavy atom. The molecule has 1 saturated heterocycles. The van der Waals surface area contributed by atoms with Gasteiger partial charge in [0.1, 0.15) is 11.8 Å². The van der Waals surface area contributed by atoms with E-state index in [9.17, 15) is 4.79 Å². The molecule has 34 heavy (non-hydrogen) atoms. The van der Waals surface area contributed by atoms with E-state index in [1.54, 1.807) is 7.11 Å². The minimum Gasteiger partial charge on any atom is -0.497 e. The second-order valence-electron chi connectivity index (χ2n) is 8.82. The number of aliphatic imine (C=N–C) groups is 1. The second kappa shape index (κ2) is 9.59. The summed E-state index contributed by atoms with van der Waals surface area (Å²) in [5.74, 6) is 1.67. The lowest BCUT2D eigenvalue weighted by Gasteiger charge is -2.38. The van der Waals surface area contributed by atoms with E-state index in [1.807, 2.05) is 59.5 Å². The molecule has 0 N–H and O–H groups in total. The largest absolute Gasteiger partial charge is 0.497 e. The fraction of sp³-hybridized carbons (Fsp3) is 0.286. The van der Waals surface area contributed by atoms with Crippen LogP contribution >= 0.6 is 0 Å². The van der Waals surface area contributed by atoms with Gasteiger partial charge in [-0.05, 0) is 48.9 Å². The average Bonchev–Trinajstić information content (AvgIpc) is 3.21. The van der Waals surface area contributed by atoms with Gasteiger partial charge in [-0.1, -0.05) is 48.0 Å². The molecule has 3 aromatic rings. The maximum Gasteiger partial charge on any atom is 0.259 e. The summed E-state index contributed by atoms with van der Waals surface area (Å²) in [6, 6.07) is 26.0. The van der Waals surface area contributed by atoms with Gasteiger partial charge in [0, 0.05) is 38.3 Å². The average molecular weight is 455 g/mol. The van der Waals surface area contributed by atoms with E-state index in [0.29, 0.717) is 6.42 Å². The zero-order valence-electron chi connectivity index (χ0n) is 19.7. The van der Waals surface area contributed by atoms with Gasteiger partial charge in [0.2, 0.25) is 5.96 Å². The first kappa shape index (κ1) is 22.0. The van der Waals surface area contributed by atoms with Gasteiger partial charge in [0.05, 0.1) is 12.8 Å². The van der Waals surface area contributed by atoms with Crippen LogP contribution in [0, 0.1) is 6.92 Å². The molecule has 2 heterocycles. The Labute approximate surface area is 201 Å². The third kappa shape index (κ3) is 4.49. The van der Waals surface area contributed by atoms with Gasteiger partial charge in [-0.2, -0.15) is 0 Å². The first-order valence-electron chi connectivity index (χ1n) is 11.8. The van der Waals surface area contributed by atoms with Crippen molar-refractivity contribution in [2.75, 3.05) is 43.1 Å². The predicted octanol–water partition coefficient (Wildman–Crippen LogP) is 4.14. The van der Waals surface area contributed by atoms with Crippen LogP contribution in [0.5, 0.6) is 5.75 Å². The fourth-order valence-corrected chi connectivity index (χ4v) is 4.59. The van der Waals surface area contributed by atoms with E-state index in [-0.39, 0.29) is 5.91 Å². The Morgan fingerprint density at radius 3 is 2.09 bits per heavy atom. The molecule has 5 rings (SSSR count). The van der Waals surface area contributed by atoms with Gasteiger partial charge in [0.15, 0.2) is 0 Å². The van der Waals surface area contributed by atoms with Crippen LogP contribution in [0.1, 0.15) is 11.1 Å². The van der Waals surface area contributed by atoms with Crippen LogP contribution in [0.2, 0.25) is 0 Å². The van der Waals surface area contributed by atoms with Crippen molar-refractivity contribution in [3.63, 3.8) is 0 Å². The van der Waals surface area contributed by atoms with E-state index in [4.69, 9.17) is 9.73 Å². The van der Waals surface area contributed by atoms with Crippen LogP contribution in [-0.4, -0.2) is 56.1 Å². The van der Waals surface area contributed by atoms with E-state index >= 15 is 0 Å². The van der Waals surface area contributed by atoms with Crippen LogP contribution < -0.4 is 14.5 Å². The molecule has 2 aliphatic heterocycles. The summed E-state index contributed by atoms with van der Waals surface area (Å²) in [5, 5.41) is 0. The number of methoxy groups -OCH3 is 1. The van der Waals surface area contributed by atoms with Crippen molar-refractivity contribution < 1.29 is 9.53 Å². The van der Waals surface area contributed by atoms with Crippen LogP contribution in [0.25, 0.3) is 0 Å². The number of rotatable bonds is 5. The molecule has 3 aromatic carbocycles. The van der Waals surface area contributed by atoms with Crippen LogP contribution in [0.15, 0.2) is 83.9 Å². The normalized spacial score (nSPS) is 18.3. The number of hydrogen-bond acceptors (Lipinski definition) is 5. The highest BCUT2D eigenvalue weighted by Gasteiger charge is 2.39. The van der Waals surface area contributed by atoms with Gasteiger partial charge >= 0.3 is 0 Å². The molecule has 0 saturated carbocycles. The monoisotopic (exact) mass is 454 g/mol. The zero-order chi connectivity index (χ0) is 23.5. The van der Waals surface area contributed by atoms with Crippen molar-refractivity contribution in [3.05, 3.63) is 90.0 Å². The van der Waals surface area contributed by atoms with Gasteiger partial charge in [-0.3, -0.25) is 4.79 Å². The van der Waals surface area contributed by atoms with Crippen molar-refractivity contribution in [1.82, 2.24) is 4.90 Å². The quantitative estimate of drug-likeness (QED) is 0.581. The lowest BCUT2D eigenvalue weighted by atomic mass is 10.1. The van der Waals surface area contributed by atoms with E-state index in [2.05, 4.69) is 41.0 Å². The molecule has 0 bridgehead atoms. The third-order valence-electron chi connectivity index (χ3n) is 6.54. The molecule has 1 amide bonds. The first-order chi connectivity index (χ1) is 16.6. The number of amides is 1. The Hall–Kier alpha value is -3.80. The minimum atomic E-state index is -0.404. The summed E-state index contributed by atoms with van der Waals surface area (Å²) in [5.41, 5.74) is 4.35. The van der Waals surface area contributed by atoms with Crippen molar-refractivity contribution in [3.8, 4) is 5.75 Å². The van der Waals surface area contributed by atoms with Crippen molar-refractivity contribution in [2.45, 2.75) is 19.4 Å². The smallest absolute Gasteiger partial charge is 0.259 e. The van der Waals surface area contributed by atoms with Crippen LogP contribution in [0.4, 0.5) is 11.4 Å². The molecular formula is C28H30N4O2. The highest BCUT2D eigenvalue weighted by atomic mass is 16.5. The summed E-state index contributed by atoms with van der Waals surface area (Å²) in [4.78, 5) is 25.0. The molecule has 1 fully saturated rings. The number of aryl methyl sites for hydroxylation is 1. The number of carbonyl (C=O) groups is 1. The standard InChI is InChI=1S/C28H30N4O2/c1-21-8-10-24(11-9-21)32-27(33)26(20-22-6-4-3-5-7-22)29-28(32)31-18-16-30(17-19-31)23-12-14-25(34-2)15-13-23/h3-15,26H,16-20H2,1-2H3. The Morgan fingerprint density at radius 2 is 1.44 bits per heavy atom. The van der Waals surface area contributed by atoms with Gasteiger partial charge in [-0.25, -0.2) is 9.89 Å². The molecular weight excluding hydrogens is 424 g/mol. The Balaban J connectivity index is 1.36. The molecule has 1 atom stereocenters. The summed E-state index contributed by atoms with van der Waals surface area (Å²) >= 11 is 0. The lowest BCUT2D eigenvalue weighted by Crippen LogP contribution is -2.53. The van der Waals surface area contributed by atoms with Crippen LogP contribution in [-0.2, 0) is 11.2 Å². The molecule has 174 valence electrons. The fourth-order valence-electron chi connectivity index (χ4n) is 4.59.